The molecule has 0 aliphatic heterocycles. The minimum Gasteiger partial charge on any atom is -0.507 e. The Labute approximate surface area is 112 Å². The summed E-state index contributed by atoms with van der Waals surface area (Å²) in [5.41, 5.74) is 2.38. The minimum atomic E-state index is -0.820. The third-order valence-corrected chi connectivity index (χ3v) is 2.44. The first kappa shape index (κ1) is 13.6. The summed E-state index contributed by atoms with van der Waals surface area (Å²) in [7, 11) is 0. The van der Waals surface area contributed by atoms with Gasteiger partial charge in [0.15, 0.2) is 17.3 Å². The number of nitrogens with zero attached hydrogens (tertiary/aromatic N) is 1. The molecule has 2 aromatic carbocycles. The number of benzene rings is 2. The molecule has 20 heavy (non-hydrogen) atoms. The van der Waals surface area contributed by atoms with Gasteiger partial charge in [-0.1, -0.05) is 0 Å². The number of hydrazone groups is 1. The molecular formula is C13H10F2N2O3. The summed E-state index contributed by atoms with van der Waals surface area (Å²) in [6, 6.07) is 4.94. The van der Waals surface area contributed by atoms with Crippen LogP contribution in [0.4, 0.5) is 14.5 Å². The molecule has 0 fully saturated rings. The van der Waals surface area contributed by atoms with E-state index in [9.17, 15) is 19.0 Å². The van der Waals surface area contributed by atoms with Crippen LogP contribution in [0.1, 0.15) is 5.56 Å². The Morgan fingerprint density at radius 3 is 2.35 bits per heavy atom. The molecule has 7 heteroatoms. The van der Waals surface area contributed by atoms with Crippen molar-refractivity contribution >= 4 is 11.9 Å². The van der Waals surface area contributed by atoms with Crippen LogP contribution in [0.15, 0.2) is 35.4 Å². The molecule has 5 nitrogen and oxygen atoms in total. The third-order valence-electron chi connectivity index (χ3n) is 2.44. The summed E-state index contributed by atoms with van der Waals surface area (Å²) in [5, 5.41) is 31.5. The van der Waals surface area contributed by atoms with Gasteiger partial charge in [-0.15, -0.1) is 0 Å². The maximum absolute atomic E-state index is 13.3. The topological polar surface area (TPSA) is 85.1 Å². The minimum absolute atomic E-state index is 0.0508. The predicted octanol–water partition coefficient (Wildman–Crippen LogP) is 2.53. The molecule has 0 bridgehead atoms. The van der Waals surface area contributed by atoms with Gasteiger partial charge in [-0.3, -0.25) is 5.43 Å². The summed E-state index contributed by atoms with van der Waals surface area (Å²) in [5.74, 6) is -2.75. The smallest absolute Gasteiger partial charge is 0.161 e. The first-order valence-corrected chi connectivity index (χ1v) is 5.46. The fourth-order valence-corrected chi connectivity index (χ4v) is 1.44. The van der Waals surface area contributed by atoms with Crippen LogP contribution in [0.25, 0.3) is 0 Å². The molecule has 0 spiro atoms. The second kappa shape index (κ2) is 5.43. The van der Waals surface area contributed by atoms with Crippen molar-refractivity contribution in [2.24, 2.45) is 5.10 Å². The van der Waals surface area contributed by atoms with Crippen molar-refractivity contribution < 1.29 is 24.1 Å². The first-order chi connectivity index (χ1) is 9.47. The maximum Gasteiger partial charge on any atom is 0.161 e. The molecular weight excluding hydrogens is 270 g/mol. The van der Waals surface area contributed by atoms with Gasteiger partial charge >= 0.3 is 0 Å². The van der Waals surface area contributed by atoms with E-state index in [2.05, 4.69) is 10.5 Å². The van der Waals surface area contributed by atoms with Crippen molar-refractivity contribution in [1.29, 1.82) is 0 Å². The Balaban J connectivity index is 2.16. The number of aromatic hydroxyl groups is 3. The van der Waals surface area contributed by atoms with Gasteiger partial charge in [-0.05, 0) is 18.2 Å². The molecule has 0 aliphatic rings. The molecule has 0 saturated carbocycles. The molecule has 2 rings (SSSR count). The zero-order chi connectivity index (χ0) is 14.7. The monoisotopic (exact) mass is 280 g/mol. The molecule has 4 N–H and O–H groups in total. The van der Waals surface area contributed by atoms with E-state index in [0.29, 0.717) is 6.07 Å². The molecule has 2 aromatic rings. The zero-order valence-corrected chi connectivity index (χ0v) is 10.0. The number of phenolic OH excluding ortho intramolecular Hbond substituents is 3. The van der Waals surface area contributed by atoms with Gasteiger partial charge in [0.1, 0.15) is 11.6 Å². The second-order valence-electron chi connectivity index (χ2n) is 3.89. The lowest BCUT2D eigenvalue weighted by Gasteiger charge is -2.04. The molecule has 0 radical (unpaired) electrons. The summed E-state index contributed by atoms with van der Waals surface area (Å²) in [6.07, 6.45) is 1.11. The first-order valence-electron chi connectivity index (χ1n) is 5.46. The number of anilines is 1. The highest BCUT2D eigenvalue weighted by atomic mass is 19.1. The summed E-state index contributed by atoms with van der Waals surface area (Å²) < 4.78 is 26.0. The Bertz CT molecular complexity index is 675. The van der Waals surface area contributed by atoms with E-state index in [0.717, 1.165) is 30.5 Å². The fraction of sp³-hybridized carbons (Fsp3) is 0. The van der Waals surface area contributed by atoms with E-state index in [-0.39, 0.29) is 17.0 Å². The molecule has 0 amide bonds. The van der Waals surface area contributed by atoms with Crippen molar-refractivity contribution in [2.45, 2.75) is 0 Å². The van der Waals surface area contributed by atoms with E-state index in [1.807, 2.05) is 0 Å². The van der Waals surface area contributed by atoms with Crippen LogP contribution in [0.3, 0.4) is 0 Å². The number of halogens is 2. The van der Waals surface area contributed by atoms with Gasteiger partial charge in [0, 0.05) is 17.7 Å². The molecule has 104 valence electrons. The van der Waals surface area contributed by atoms with E-state index in [4.69, 9.17) is 5.11 Å². The summed E-state index contributed by atoms with van der Waals surface area (Å²) in [4.78, 5) is 0. The number of nitrogens with one attached hydrogen (secondary N) is 1. The van der Waals surface area contributed by atoms with Crippen molar-refractivity contribution in [2.75, 3.05) is 5.43 Å². The number of phenols is 3. The van der Waals surface area contributed by atoms with Gasteiger partial charge in [0.2, 0.25) is 0 Å². The quantitative estimate of drug-likeness (QED) is 0.301. The molecule has 0 aliphatic carbocycles. The average molecular weight is 280 g/mol. The SMILES string of the molecule is Oc1cc(O)c(/C=N/Nc2ccc(F)cc2F)cc1O. The van der Waals surface area contributed by atoms with Crippen molar-refractivity contribution in [3.63, 3.8) is 0 Å². The molecule has 0 unspecified atom stereocenters. The van der Waals surface area contributed by atoms with Gasteiger partial charge < -0.3 is 15.3 Å². The highest BCUT2D eigenvalue weighted by Crippen LogP contribution is 2.31. The van der Waals surface area contributed by atoms with Crippen LogP contribution in [0.2, 0.25) is 0 Å². The van der Waals surface area contributed by atoms with Crippen molar-refractivity contribution in [3.8, 4) is 17.2 Å². The largest absolute Gasteiger partial charge is 0.507 e. The Morgan fingerprint density at radius 1 is 0.950 bits per heavy atom. The number of hydrogen-bond donors (Lipinski definition) is 4. The summed E-state index contributed by atoms with van der Waals surface area (Å²) in [6.45, 7) is 0. The van der Waals surface area contributed by atoms with E-state index in [1.54, 1.807) is 0 Å². The Morgan fingerprint density at radius 2 is 1.65 bits per heavy atom. The second-order valence-corrected chi connectivity index (χ2v) is 3.89. The zero-order valence-electron chi connectivity index (χ0n) is 10.0. The molecule has 0 aromatic heterocycles. The van der Waals surface area contributed by atoms with Crippen molar-refractivity contribution in [3.05, 3.63) is 47.5 Å². The lowest BCUT2D eigenvalue weighted by Crippen LogP contribution is -1.94. The average Bonchev–Trinajstić information content (AvgIpc) is 2.38. The van der Waals surface area contributed by atoms with Crippen LogP contribution in [-0.4, -0.2) is 21.5 Å². The lowest BCUT2D eigenvalue weighted by molar-refractivity contribution is 0.396. The van der Waals surface area contributed by atoms with E-state index >= 15 is 0 Å². The summed E-state index contributed by atoms with van der Waals surface area (Å²) >= 11 is 0. The fourth-order valence-electron chi connectivity index (χ4n) is 1.44. The van der Waals surface area contributed by atoms with Crippen LogP contribution in [0.5, 0.6) is 17.2 Å². The highest BCUT2D eigenvalue weighted by Gasteiger charge is 2.06. The van der Waals surface area contributed by atoms with E-state index < -0.39 is 23.1 Å². The maximum atomic E-state index is 13.3. The lowest BCUT2D eigenvalue weighted by atomic mass is 10.2. The Hall–Kier alpha value is -2.83. The van der Waals surface area contributed by atoms with E-state index in [1.165, 1.54) is 0 Å². The molecule has 0 atom stereocenters. The van der Waals surface area contributed by atoms with Crippen LogP contribution >= 0.6 is 0 Å². The number of hydrogen-bond acceptors (Lipinski definition) is 5. The van der Waals surface area contributed by atoms with Crippen LogP contribution in [-0.2, 0) is 0 Å². The van der Waals surface area contributed by atoms with Gasteiger partial charge in [-0.25, -0.2) is 8.78 Å². The van der Waals surface area contributed by atoms with Crippen molar-refractivity contribution in [1.82, 2.24) is 0 Å². The van der Waals surface area contributed by atoms with Gasteiger partial charge in [0.05, 0.1) is 11.9 Å². The highest BCUT2D eigenvalue weighted by molar-refractivity contribution is 5.85. The standard InChI is InChI=1S/C13H10F2N2O3/c14-8-1-2-10(9(15)4-8)17-16-6-7-3-12(19)13(20)5-11(7)18/h1-6,17-20H/b16-6+. The normalized spacial score (nSPS) is 10.9. The van der Waals surface area contributed by atoms with Gasteiger partial charge in [0.25, 0.3) is 0 Å². The molecule has 0 heterocycles. The predicted molar refractivity (Wildman–Crippen MR) is 69.0 cm³/mol. The Kier molecular flexibility index (Phi) is 3.69. The van der Waals surface area contributed by atoms with Gasteiger partial charge in [-0.2, -0.15) is 5.10 Å². The molecule has 0 saturated heterocycles. The number of rotatable bonds is 3. The third kappa shape index (κ3) is 2.94. The van der Waals surface area contributed by atoms with Crippen LogP contribution in [0, 0.1) is 11.6 Å². The van der Waals surface area contributed by atoms with Crippen LogP contribution < -0.4 is 5.43 Å².